The van der Waals surface area contributed by atoms with Gasteiger partial charge in [0.1, 0.15) is 5.82 Å². The zero-order valence-corrected chi connectivity index (χ0v) is 16.8. The Morgan fingerprint density at radius 3 is 2.37 bits per heavy atom. The summed E-state index contributed by atoms with van der Waals surface area (Å²) in [7, 11) is 3.87. The number of benzene rings is 1. The predicted molar refractivity (Wildman–Crippen MR) is 110 cm³/mol. The monoisotopic (exact) mass is 387 g/mol. The highest BCUT2D eigenvalue weighted by Gasteiger charge is 2.23. The Labute approximate surface area is 165 Å². The first-order chi connectivity index (χ1) is 12.9. The summed E-state index contributed by atoms with van der Waals surface area (Å²) in [5.74, 6) is 1.56. The van der Waals surface area contributed by atoms with Crippen molar-refractivity contribution in [2.45, 2.75) is 44.7 Å². The van der Waals surface area contributed by atoms with Crippen LogP contribution in [0, 0.1) is 6.92 Å². The number of hydrogen-bond donors (Lipinski definition) is 2. The molecule has 1 aliphatic rings. The lowest BCUT2D eigenvalue weighted by Gasteiger charge is -2.30. The van der Waals surface area contributed by atoms with Gasteiger partial charge < -0.3 is 15.5 Å². The lowest BCUT2D eigenvalue weighted by Crippen LogP contribution is -2.40. The van der Waals surface area contributed by atoms with E-state index in [1.807, 2.05) is 32.1 Å². The predicted octanol–water partition coefficient (Wildman–Crippen LogP) is 3.66. The van der Waals surface area contributed by atoms with E-state index in [0.29, 0.717) is 22.6 Å². The first-order valence-electron chi connectivity index (χ1n) is 9.26. The first kappa shape index (κ1) is 19.4. The maximum absolute atomic E-state index is 12.4. The zero-order valence-electron chi connectivity index (χ0n) is 16.0. The normalized spacial score (nSPS) is 19.4. The van der Waals surface area contributed by atoms with Crippen LogP contribution in [0.15, 0.2) is 30.5 Å². The Morgan fingerprint density at radius 2 is 1.74 bits per heavy atom. The topological polar surface area (TPSA) is 70.2 Å². The molecule has 0 atom stereocenters. The second kappa shape index (κ2) is 8.57. The van der Waals surface area contributed by atoms with Crippen molar-refractivity contribution in [2.24, 2.45) is 0 Å². The molecule has 1 saturated carbocycles. The molecule has 1 amide bonds. The Hall–Kier alpha value is -2.34. The van der Waals surface area contributed by atoms with Gasteiger partial charge in [-0.1, -0.05) is 11.6 Å². The van der Waals surface area contributed by atoms with E-state index in [2.05, 4.69) is 20.6 Å². The summed E-state index contributed by atoms with van der Waals surface area (Å²) in [4.78, 5) is 23.2. The van der Waals surface area contributed by atoms with Gasteiger partial charge in [-0.3, -0.25) is 4.79 Å². The fourth-order valence-corrected chi connectivity index (χ4v) is 3.37. The molecule has 1 aromatic carbocycles. The van der Waals surface area contributed by atoms with Gasteiger partial charge in [-0.05, 0) is 56.9 Å². The van der Waals surface area contributed by atoms with E-state index in [9.17, 15) is 4.79 Å². The van der Waals surface area contributed by atoms with Gasteiger partial charge in [-0.2, -0.15) is 4.98 Å². The molecule has 2 N–H and O–H groups in total. The van der Waals surface area contributed by atoms with Crippen LogP contribution in [0.4, 0.5) is 11.8 Å². The third-order valence-corrected chi connectivity index (χ3v) is 5.12. The van der Waals surface area contributed by atoms with Crippen LogP contribution in [0.3, 0.4) is 0 Å². The van der Waals surface area contributed by atoms with Crippen molar-refractivity contribution >= 4 is 29.3 Å². The summed E-state index contributed by atoms with van der Waals surface area (Å²) in [6.07, 6.45) is 5.73. The van der Waals surface area contributed by atoms with Crippen molar-refractivity contribution in [3.8, 4) is 0 Å². The van der Waals surface area contributed by atoms with Crippen molar-refractivity contribution in [3.63, 3.8) is 0 Å². The van der Waals surface area contributed by atoms with Gasteiger partial charge >= 0.3 is 0 Å². The molecule has 7 heteroatoms. The molecule has 0 bridgehead atoms. The van der Waals surface area contributed by atoms with Crippen molar-refractivity contribution in [1.29, 1.82) is 0 Å². The van der Waals surface area contributed by atoms with Gasteiger partial charge in [0.15, 0.2) is 0 Å². The van der Waals surface area contributed by atoms with E-state index >= 15 is 0 Å². The number of aryl methyl sites for hydroxylation is 1. The summed E-state index contributed by atoms with van der Waals surface area (Å²) in [5.41, 5.74) is 1.69. The molecule has 6 nitrogen and oxygen atoms in total. The zero-order chi connectivity index (χ0) is 19.4. The maximum Gasteiger partial charge on any atom is 0.251 e. The van der Waals surface area contributed by atoms with E-state index in [4.69, 9.17) is 11.6 Å². The minimum absolute atomic E-state index is 0.0367. The minimum Gasteiger partial charge on any atom is -0.367 e. The van der Waals surface area contributed by atoms with Gasteiger partial charge in [0.25, 0.3) is 5.91 Å². The number of rotatable bonds is 5. The molecule has 1 aromatic heterocycles. The SMILES string of the molecule is Cc1cnc(N(C)C)nc1NC1CCC(NC(=O)c2ccc(Cl)cc2)CC1. The molecule has 144 valence electrons. The number of carbonyl (C=O) groups excluding carboxylic acids is 1. The third-order valence-electron chi connectivity index (χ3n) is 4.87. The largest absolute Gasteiger partial charge is 0.367 e. The van der Waals surface area contributed by atoms with Crippen LogP contribution in [0.5, 0.6) is 0 Å². The number of carbonyl (C=O) groups is 1. The number of nitrogens with one attached hydrogen (secondary N) is 2. The van der Waals surface area contributed by atoms with Crippen LogP contribution in [0.25, 0.3) is 0 Å². The van der Waals surface area contributed by atoms with Crippen molar-refractivity contribution < 1.29 is 4.79 Å². The first-order valence-corrected chi connectivity index (χ1v) is 9.64. The van der Waals surface area contributed by atoms with Gasteiger partial charge in [0.2, 0.25) is 5.95 Å². The lowest BCUT2D eigenvalue weighted by atomic mass is 9.91. The number of nitrogens with zero attached hydrogens (tertiary/aromatic N) is 3. The molecule has 2 aromatic rings. The molecule has 1 aliphatic carbocycles. The molecule has 1 fully saturated rings. The molecule has 0 saturated heterocycles. The summed E-state index contributed by atoms with van der Waals surface area (Å²) in [6.45, 7) is 2.01. The Balaban J connectivity index is 1.52. The van der Waals surface area contributed by atoms with Crippen LogP contribution >= 0.6 is 11.6 Å². The van der Waals surface area contributed by atoms with Crippen LogP contribution in [-0.2, 0) is 0 Å². The summed E-state index contributed by atoms with van der Waals surface area (Å²) >= 11 is 5.88. The minimum atomic E-state index is -0.0367. The molecular formula is C20H26ClN5O. The fraction of sp³-hybridized carbons (Fsp3) is 0.450. The van der Waals surface area contributed by atoms with E-state index in [1.54, 1.807) is 24.3 Å². The number of anilines is 2. The maximum atomic E-state index is 12.4. The van der Waals surface area contributed by atoms with Crippen LogP contribution in [0.2, 0.25) is 5.02 Å². The van der Waals surface area contributed by atoms with Crippen molar-refractivity contribution in [3.05, 3.63) is 46.6 Å². The number of hydrogen-bond acceptors (Lipinski definition) is 5. The van der Waals surface area contributed by atoms with E-state index in [1.165, 1.54) is 0 Å². The smallest absolute Gasteiger partial charge is 0.251 e. The second-order valence-electron chi connectivity index (χ2n) is 7.27. The van der Waals surface area contributed by atoms with E-state index in [0.717, 1.165) is 37.1 Å². The quantitative estimate of drug-likeness (QED) is 0.819. The molecule has 0 aliphatic heterocycles. The summed E-state index contributed by atoms with van der Waals surface area (Å²) in [6, 6.07) is 7.55. The molecule has 3 rings (SSSR count). The molecule has 0 spiro atoms. The Morgan fingerprint density at radius 1 is 1.11 bits per heavy atom. The highest BCUT2D eigenvalue weighted by Crippen LogP contribution is 2.24. The highest BCUT2D eigenvalue weighted by molar-refractivity contribution is 6.30. The molecular weight excluding hydrogens is 362 g/mol. The van der Waals surface area contributed by atoms with Crippen molar-refractivity contribution in [2.75, 3.05) is 24.3 Å². The van der Waals surface area contributed by atoms with Gasteiger partial charge in [0.05, 0.1) is 0 Å². The molecule has 1 heterocycles. The Kier molecular flexibility index (Phi) is 6.16. The Bertz CT molecular complexity index is 785. The average Bonchev–Trinajstić information content (AvgIpc) is 2.65. The van der Waals surface area contributed by atoms with E-state index in [-0.39, 0.29) is 11.9 Å². The lowest BCUT2D eigenvalue weighted by molar-refractivity contribution is 0.0926. The number of halogens is 1. The number of aromatic nitrogens is 2. The van der Waals surface area contributed by atoms with E-state index < -0.39 is 0 Å². The van der Waals surface area contributed by atoms with Crippen LogP contribution in [0.1, 0.15) is 41.6 Å². The fourth-order valence-electron chi connectivity index (χ4n) is 3.24. The van der Waals surface area contributed by atoms with Gasteiger partial charge in [-0.15, -0.1) is 0 Å². The summed E-state index contributed by atoms with van der Waals surface area (Å²) < 4.78 is 0. The average molecular weight is 388 g/mol. The van der Waals surface area contributed by atoms with Crippen LogP contribution < -0.4 is 15.5 Å². The molecule has 0 radical (unpaired) electrons. The number of amides is 1. The van der Waals surface area contributed by atoms with Gasteiger partial charge in [-0.25, -0.2) is 4.98 Å². The van der Waals surface area contributed by atoms with Crippen LogP contribution in [-0.4, -0.2) is 42.1 Å². The van der Waals surface area contributed by atoms with Gasteiger partial charge in [0, 0.05) is 48.5 Å². The third kappa shape index (κ3) is 5.10. The summed E-state index contributed by atoms with van der Waals surface area (Å²) in [5, 5.41) is 7.32. The molecule has 27 heavy (non-hydrogen) atoms. The standard InChI is InChI=1S/C20H26ClN5O/c1-13-12-22-20(26(2)3)25-18(13)23-16-8-10-17(11-9-16)24-19(27)14-4-6-15(21)7-5-14/h4-7,12,16-17H,8-11H2,1-3H3,(H,24,27)(H,22,23,25). The molecule has 0 unspecified atom stereocenters. The highest BCUT2D eigenvalue weighted by atomic mass is 35.5. The second-order valence-corrected chi connectivity index (χ2v) is 7.71. The van der Waals surface area contributed by atoms with Crippen molar-refractivity contribution in [1.82, 2.24) is 15.3 Å².